The van der Waals surface area contributed by atoms with Crippen LogP contribution in [-0.2, 0) is 18.9 Å². The van der Waals surface area contributed by atoms with Crippen molar-refractivity contribution >= 4 is 21.5 Å². The van der Waals surface area contributed by atoms with Gasteiger partial charge in [-0.1, -0.05) is 65.8 Å². The predicted octanol–water partition coefficient (Wildman–Crippen LogP) is 6.18. The minimum absolute atomic E-state index is 0.255. The van der Waals surface area contributed by atoms with E-state index in [1.54, 1.807) is 0 Å². The molecule has 4 aromatic rings. The highest BCUT2D eigenvalue weighted by molar-refractivity contribution is 6.09. The van der Waals surface area contributed by atoms with Crippen molar-refractivity contribution in [2.75, 3.05) is 66.1 Å². The Balaban J connectivity index is 1.46. The van der Waals surface area contributed by atoms with Crippen molar-refractivity contribution in [2.24, 2.45) is 5.11 Å². The molecule has 0 saturated heterocycles. The van der Waals surface area contributed by atoms with E-state index in [1.807, 2.05) is 36.4 Å². The molecular formula is C31H33N3O6. The second kappa shape index (κ2) is 14.5. The van der Waals surface area contributed by atoms with Crippen molar-refractivity contribution in [1.29, 1.82) is 0 Å². The zero-order valence-electron chi connectivity index (χ0n) is 22.4. The van der Waals surface area contributed by atoms with E-state index >= 15 is 0 Å². The second-order valence-corrected chi connectivity index (χ2v) is 9.25. The summed E-state index contributed by atoms with van der Waals surface area (Å²) in [6, 6.07) is 24.4. The molecule has 1 heterocycles. The molecule has 0 radical (unpaired) electrons. The summed E-state index contributed by atoms with van der Waals surface area (Å²) in [5, 5.41) is 8.13. The first-order valence-electron chi connectivity index (χ1n) is 13.5. The highest BCUT2D eigenvalue weighted by Crippen LogP contribution is 2.45. The quantitative estimate of drug-likeness (QED) is 0.161. The third-order valence-electron chi connectivity index (χ3n) is 6.58. The molecule has 0 spiro atoms. The molecule has 0 aliphatic carbocycles. The molecule has 9 nitrogen and oxygen atoms in total. The third-order valence-corrected chi connectivity index (χ3v) is 6.58. The Hall–Kier alpha value is -3.85. The van der Waals surface area contributed by atoms with Crippen LogP contribution >= 0.6 is 0 Å². The van der Waals surface area contributed by atoms with Crippen LogP contribution in [-0.4, -0.2) is 72.1 Å². The molecular weight excluding hydrogens is 510 g/mol. The first-order valence-corrected chi connectivity index (χ1v) is 13.5. The number of fused-ring (bicyclic) bond motifs is 7. The topological polar surface area (TPSA) is 104 Å². The van der Waals surface area contributed by atoms with Crippen LogP contribution in [0.15, 0.2) is 77.9 Å². The molecule has 0 unspecified atom stereocenters. The highest BCUT2D eigenvalue weighted by atomic mass is 16.6. The Morgan fingerprint density at radius 3 is 1.50 bits per heavy atom. The maximum Gasteiger partial charge on any atom is 0.128 e. The Labute approximate surface area is 233 Å². The van der Waals surface area contributed by atoms with E-state index in [-0.39, 0.29) is 13.2 Å². The number of azide groups is 1. The molecule has 0 fully saturated rings. The molecule has 1 aliphatic heterocycles. The summed E-state index contributed by atoms with van der Waals surface area (Å²) < 4.78 is 35.4. The fourth-order valence-electron chi connectivity index (χ4n) is 4.75. The minimum Gasteiger partial charge on any atom is -0.491 e. The van der Waals surface area contributed by atoms with Crippen LogP contribution in [0.25, 0.3) is 43.1 Å². The van der Waals surface area contributed by atoms with Crippen molar-refractivity contribution in [3.05, 3.63) is 83.2 Å². The van der Waals surface area contributed by atoms with Gasteiger partial charge in [-0.25, -0.2) is 0 Å². The minimum atomic E-state index is -0.413. The lowest BCUT2D eigenvalue weighted by atomic mass is 9.92. The van der Waals surface area contributed by atoms with Crippen molar-refractivity contribution in [1.82, 2.24) is 0 Å². The second-order valence-electron chi connectivity index (χ2n) is 9.25. The largest absolute Gasteiger partial charge is 0.491 e. The van der Waals surface area contributed by atoms with Crippen LogP contribution in [0.1, 0.15) is 0 Å². The van der Waals surface area contributed by atoms with Crippen molar-refractivity contribution in [2.45, 2.75) is 6.04 Å². The number of hydrogen-bond acceptors (Lipinski definition) is 7. The molecule has 0 aromatic heterocycles. The van der Waals surface area contributed by atoms with Crippen LogP contribution in [0.2, 0.25) is 0 Å². The van der Waals surface area contributed by atoms with Crippen LogP contribution in [0, 0.1) is 0 Å². The summed E-state index contributed by atoms with van der Waals surface area (Å²) >= 11 is 0. The summed E-state index contributed by atoms with van der Waals surface area (Å²) in [5.74, 6) is 1.52. The molecule has 0 amide bonds. The van der Waals surface area contributed by atoms with Gasteiger partial charge in [0.25, 0.3) is 0 Å². The molecule has 9 heteroatoms. The zero-order chi connectivity index (χ0) is 27.4. The van der Waals surface area contributed by atoms with E-state index in [9.17, 15) is 0 Å². The van der Waals surface area contributed by atoms with Gasteiger partial charge in [-0.15, -0.1) is 0 Å². The van der Waals surface area contributed by atoms with Crippen LogP contribution in [0.4, 0.5) is 0 Å². The number of nitrogens with zero attached hydrogens (tertiary/aromatic N) is 3. The van der Waals surface area contributed by atoms with E-state index in [4.69, 9.17) is 34.0 Å². The molecule has 0 N–H and O–H groups in total. The van der Waals surface area contributed by atoms with Gasteiger partial charge in [0.1, 0.15) is 24.7 Å². The highest BCUT2D eigenvalue weighted by Gasteiger charge is 2.19. The Morgan fingerprint density at radius 2 is 1.00 bits per heavy atom. The molecule has 208 valence electrons. The molecule has 0 saturated carbocycles. The fraction of sp³-hybridized carbons (Fsp3) is 0.355. The van der Waals surface area contributed by atoms with Gasteiger partial charge in [0, 0.05) is 16.0 Å². The van der Waals surface area contributed by atoms with Gasteiger partial charge in [-0.05, 0) is 39.2 Å². The summed E-state index contributed by atoms with van der Waals surface area (Å²) in [4.78, 5) is 2.88. The standard InChI is InChI=1S/C31H33N3O6/c32-34-33-25-21-37-15-13-35-17-19-39-28-11-9-23-5-1-3-7-26(23)30(28)31-27-8-4-2-6-24(27)10-12-29(31)40-20-18-36-14-16-38-22-25/h1-12,25H,13-22H2. The first-order chi connectivity index (χ1) is 19.8. The summed E-state index contributed by atoms with van der Waals surface area (Å²) in [6.45, 7) is 3.58. The Kier molecular flexibility index (Phi) is 10.1. The van der Waals surface area contributed by atoms with Crippen molar-refractivity contribution in [3.63, 3.8) is 0 Å². The third kappa shape index (κ3) is 7.01. The van der Waals surface area contributed by atoms with Crippen LogP contribution in [0.5, 0.6) is 11.5 Å². The van der Waals surface area contributed by atoms with Gasteiger partial charge < -0.3 is 28.4 Å². The van der Waals surface area contributed by atoms with Gasteiger partial charge in [0.05, 0.1) is 58.9 Å². The summed E-state index contributed by atoms with van der Waals surface area (Å²) in [6.07, 6.45) is 0. The number of benzene rings is 4. The number of hydrogen-bond donors (Lipinski definition) is 0. The first kappa shape index (κ1) is 27.7. The molecule has 5 rings (SSSR count). The lowest BCUT2D eigenvalue weighted by Crippen LogP contribution is -2.22. The smallest absolute Gasteiger partial charge is 0.128 e. The monoisotopic (exact) mass is 543 g/mol. The predicted molar refractivity (Wildman–Crippen MR) is 154 cm³/mol. The van der Waals surface area contributed by atoms with E-state index in [1.165, 1.54) is 0 Å². The Bertz CT molecular complexity index is 1350. The van der Waals surface area contributed by atoms with Gasteiger partial charge in [-0.3, -0.25) is 0 Å². The summed E-state index contributed by atoms with van der Waals surface area (Å²) in [5.41, 5.74) is 10.8. The van der Waals surface area contributed by atoms with Crippen LogP contribution in [0.3, 0.4) is 0 Å². The van der Waals surface area contributed by atoms with E-state index < -0.39 is 6.04 Å². The van der Waals surface area contributed by atoms with Crippen LogP contribution < -0.4 is 9.47 Å². The fourth-order valence-corrected chi connectivity index (χ4v) is 4.75. The van der Waals surface area contributed by atoms with Crippen molar-refractivity contribution in [3.8, 4) is 22.6 Å². The van der Waals surface area contributed by atoms with E-state index in [2.05, 4.69) is 46.4 Å². The van der Waals surface area contributed by atoms with Crippen molar-refractivity contribution < 1.29 is 28.4 Å². The lowest BCUT2D eigenvalue weighted by Gasteiger charge is -2.20. The SMILES string of the molecule is [N-]=[N+]=NC1COCCOCCOc2ccc3ccccc3c2-c2c(ccc3ccccc23)OCCOCCOC1. The number of ether oxygens (including phenoxy) is 6. The Morgan fingerprint density at radius 1 is 0.550 bits per heavy atom. The zero-order valence-corrected chi connectivity index (χ0v) is 22.4. The molecule has 0 bridgehead atoms. The van der Waals surface area contributed by atoms with Gasteiger partial charge in [0.2, 0.25) is 0 Å². The molecule has 40 heavy (non-hydrogen) atoms. The normalized spacial score (nSPS) is 16.9. The molecule has 0 atom stereocenters. The lowest BCUT2D eigenvalue weighted by molar-refractivity contribution is 0.00751. The van der Waals surface area contributed by atoms with Gasteiger partial charge >= 0.3 is 0 Å². The van der Waals surface area contributed by atoms with Gasteiger partial charge in [-0.2, -0.15) is 0 Å². The molecule has 1 aliphatic rings. The van der Waals surface area contributed by atoms with E-state index in [0.717, 1.165) is 44.2 Å². The maximum absolute atomic E-state index is 8.81. The average Bonchev–Trinajstić information content (AvgIpc) is 2.99. The number of rotatable bonds is 1. The summed E-state index contributed by atoms with van der Waals surface area (Å²) in [7, 11) is 0. The van der Waals surface area contributed by atoms with E-state index in [0.29, 0.717) is 52.9 Å². The molecule has 4 aromatic carbocycles. The maximum atomic E-state index is 8.81. The average molecular weight is 544 g/mol. The van der Waals surface area contributed by atoms with Gasteiger partial charge in [0.15, 0.2) is 0 Å².